The monoisotopic (exact) mass is 1690 g/mol. The van der Waals surface area contributed by atoms with Gasteiger partial charge in [-0.2, -0.15) is 4.98 Å². The molecule has 124 heavy (non-hydrogen) atoms. The van der Waals surface area contributed by atoms with Crippen LogP contribution in [0.4, 0.5) is 57.2 Å². The molecular formula is C96H130N20O8. The van der Waals surface area contributed by atoms with E-state index in [1.165, 1.54) is 11.1 Å². The molecule has 0 aliphatic rings. The molecule has 2 aromatic heterocycles. The molecule has 28 nitrogen and oxygen atoms in total. The Morgan fingerprint density at radius 1 is 0.331 bits per heavy atom. The Bertz CT molecular complexity index is 4880. The Balaban J connectivity index is 0.000000361. The van der Waals surface area contributed by atoms with Gasteiger partial charge in [-0.15, -0.1) is 0 Å². The van der Waals surface area contributed by atoms with Gasteiger partial charge in [0.25, 0.3) is 41.4 Å². The minimum absolute atomic E-state index is 0.0131. The quantitative estimate of drug-likeness (QED) is 0.0267. The van der Waals surface area contributed by atoms with Gasteiger partial charge in [0.2, 0.25) is 5.82 Å². The summed E-state index contributed by atoms with van der Waals surface area (Å²) in [4.78, 5) is 93.9. The number of rotatable bonds is 24. The average Bonchev–Trinajstić information content (AvgIpc) is 1.44. The maximum absolute atomic E-state index is 12.1. The standard InChI is InChI=1S/C13H20N2O.2C12H18N2O.C12H12N2.C10H12N4O.C10H14N2O.3C9H12N2O/c1-5-10(2)15(4)13(16)11-7-6-8-12(9-11)14-3;1-9(2)14(4)12(15)10-6-5-7-11(8-10)13-3;1-9(2)8-14-12(15)10-5-4-6-11(7-10)13-3;1-13-12-4-2-3-11(9-12)10-5-7-14-8-6-10;1-11-8-5-3-4-7(6-8)9-13-10(12-2)15-14-9;1-11-9-6-4-5-8(7-9)10(13)12(2)3;3*1-10-8-5-3-4-7(6-8)9(12)11-2/h6-10,14H,5H2,1-4H3;5-9,13H,1-4H3;4-7,9,13H,8H2,1-3H3,(H,14,15);2-9,13H,1H3;3-6,11H,1-2H3,(H,12,13,14);4-7,11H,1-3H3;3*3-6,10H,1-2H3,(H,11,12). The van der Waals surface area contributed by atoms with Gasteiger partial charge in [0.05, 0.1) is 0 Å². The van der Waals surface area contributed by atoms with Crippen LogP contribution in [0, 0.1) is 5.92 Å². The van der Waals surface area contributed by atoms with Crippen LogP contribution < -0.4 is 74.4 Å². The number of nitrogens with one attached hydrogen (secondary N) is 14. The van der Waals surface area contributed by atoms with Crippen LogP contribution in [0.1, 0.15) is 120 Å². The number of nitrogens with zero attached hydrogens (tertiary/aromatic N) is 6. The molecule has 0 fully saturated rings. The van der Waals surface area contributed by atoms with Gasteiger partial charge in [-0.3, -0.25) is 38.5 Å². The van der Waals surface area contributed by atoms with Crippen molar-refractivity contribution < 1.29 is 38.1 Å². The Labute approximate surface area is 733 Å². The predicted molar refractivity (Wildman–Crippen MR) is 514 cm³/mol. The average molecular weight is 1690 g/mol. The lowest BCUT2D eigenvalue weighted by molar-refractivity contribution is 0.0736. The van der Waals surface area contributed by atoms with Crippen molar-refractivity contribution in [2.24, 2.45) is 5.92 Å². The lowest BCUT2D eigenvalue weighted by Crippen LogP contribution is -2.34. The van der Waals surface area contributed by atoms with Gasteiger partial charge in [-0.05, 0) is 208 Å². The molecule has 9 aromatic carbocycles. The van der Waals surface area contributed by atoms with Gasteiger partial charge in [0, 0.05) is 247 Å². The van der Waals surface area contributed by atoms with E-state index in [0.29, 0.717) is 52.1 Å². The van der Waals surface area contributed by atoms with Crippen LogP contribution >= 0.6 is 0 Å². The van der Waals surface area contributed by atoms with Crippen LogP contribution in [0.25, 0.3) is 22.5 Å². The Hall–Kier alpha value is -14.4. The van der Waals surface area contributed by atoms with Gasteiger partial charge in [0.15, 0.2) is 0 Å². The molecule has 1 atom stereocenters. The molecular weight excluding hydrogens is 1560 g/mol. The van der Waals surface area contributed by atoms with Crippen LogP contribution in [0.2, 0.25) is 0 Å². The number of hydrogen-bond acceptors (Lipinski definition) is 21. The number of aromatic nitrogens is 3. The van der Waals surface area contributed by atoms with E-state index in [-0.39, 0.29) is 53.4 Å². The first-order valence-electron chi connectivity index (χ1n) is 40.6. The largest absolute Gasteiger partial charge is 0.388 e. The van der Waals surface area contributed by atoms with E-state index < -0.39 is 0 Å². The topological polar surface area (TPSA) is 349 Å². The molecule has 11 rings (SSSR count). The van der Waals surface area contributed by atoms with Gasteiger partial charge in [-0.25, -0.2) is 0 Å². The molecule has 2 heterocycles. The highest BCUT2D eigenvalue weighted by Gasteiger charge is 2.18. The van der Waals surface area contributed by atoms with E-state index >= 15 is 0 Å². The van der Waals surface area contributed by atoms with Crippen LogP contribution in [0.5, 0.6) is 0 Å². The third-order valence-electron chi connectivity index (χ3n) is 18.5. The molecule has 0 aliphatic carbocycles. The van der Waals surface area contributed by atoms with E-state index in [9.17, 15) is 33.6 Å². The fraction of sp³-hybridized carbons (Fsp3) is 0.292. The maximum atomic E-state index is 12.1. The first kappa shape index (κ1) is 104. The second kappa shape index (κ2) is 57.7. The molecule has 11 aromatic rings. The predicted octanol–water partition coefficient (Wildman–Crippen LogP) is 16.2. The van der Waals surface area contributed by atoms with Crippen LogP contribution in [0.3, 0.4) is 0 Å². The highest BCUT2D eigenvalue weighted by Crippen LogP contribution is 2.24. The van der Waals surface area contributed by atoms with Gasteiger partial charge in [0.1, 0.15) is 0 Å². The molecule has 28 heteroatoms. The molecule has 14 N–H and O–H groups in total. The molecule has 0 saturated carbocycles. The van der Waals surface area contributed by atoms with Crippen molar-refractivity contribution in [2.75, 3.05) is 180 Å². The van der Waals surface area contributed by atoms with E-state index in [2.05, 4.69) is 129 Å². The lowest BCUT2D eigenvalue weighted by Gasteiger charge is -2.24. The number of pyridine rings is 1. The van der Waals surface area contributed by atoms with E-state index in [0.717, 1.165) is 74.3 Å². The van der Waals surface area contributed by atoms with E-state index in [1.54, 1.807) is 106 Å². The van der Waals surface area contributed by atoms with Crippen LogP contribution in [-0.2, 0) is 0 Å². The minimum Gasteiger partial charge on any atom is -0.388 e. The normalized spacial score (nSPS) is 9.98. The summed E-state index contributed by atoms with van der Waals surface area (Å²) < 4.78 is 4.95. The summed E-state index contributed by atoms with van der Waals surface area (Å²) in [6.45, 7) is 13.0. The zero-order valence-electron chi connectivity index (χ0n) is 76.2. The second-order valence-corrected chi connectivity index (χ2v) is 28.1. The Morgan fingerprint density at radius 3 is 0.919 bits per heavy atom. The molecule has 0 aliphatic heterocycles. The first-order valence-corrected chi connectivity index (χ1v) is 40.6. The molecule has 0 bridgehead atoms. The van der Waals surface area contributed by atoms with Gasteiger partial charge < -0.3 is 93.7 Å². The zero-order chi connectivity index (χ0) is 92.1. The van der Waals surface area contributed by atoms with Crippen molar-refractivity contribution in [1.29, 1.82) is 0 Å². The van der Waals surface area contributed by atoms with Crippen LogP contribution in [0.15, 0.2) is 247 Å². The van der Waals surface area contributed by atoms with Crippen molar-refractivity contribution in [3.8, 4) is 22.5 Å². The van der Waals surface area contributed by atoms with E-state index in [4.69, 9.17) is 4.52 Å². The number of hydrogen-bond donors (Lipinski definition) is 14. The fourth-order valence-corrected chi connectivity index (χ4v) is 10.5. The zero-order valence-corrected chi connectivity index (χ0v) is 76.2. The number of carbonyl (C=O) groups excluding carboxylic acids is 7. The van der Waals surface area contributed by atoms with Crippen molar-refractivity contribution in [3.05, 3.63) is 282 Å². The summed E-state index contributed by atoms with van der Waals surface area (Å²) in [6.07, 6.45) is 4.58. The second-order valence-electron chi connectivity index (χ2n) is 28.1. The SMILES string of the molecule is CCC(C)N(C)C(=O)c1cccc(NC)c1.CNC(=O)c1cccc(NC)c1.CNC(=O)c1cccc(NC)c1.CNC(=O)c1cccc(NC)c1.CNc1cccc(-c2ccncc2)c1.CNc1cccc(-c2noc(NC)n2)c1.CNc1cccc(C(=O)N(C)C(C)C)c1.CNc1cccc(C(=O)N(C)C)c1.CNc1cccc(C(=O)NCC(C)C)c1. The van der Waals surface area contributed by atoms with Crippen molar-refractivity contribution in [1.82, 2.24) is 51.1 Å². The summed E-state index contributed by atoms with van der Waals surface area (Å²) in [5.41, 5.74) is 17.0. The molecule has 0 spiro atoms. The highest BCUT2D eigenvalue weighted by molar-refractivity contribution is 5.98. The number of carbonyl (C=O) groups is 7. The molecule has 0 radical (unpaired) electrons. The fourth-order valence-electron chi connectivity index (χ4n) is 10.5. The third kappa shape index (κ3) is 37.1. The summed E-state index contributed by atoms with van der Waals surface area (Å²) in [5, 5.41) is 44.4. The Morgan fingerprint density at radius 2 is 0.621 bits per heavy atom. The first-order chi connectivity index (χ1) is 59.5. The third-order valence-corrected chi connectivity index (χ3v) is 18.5. The van der Waals surface area contributed by atoms with Crippen molar-refractivity contribution in [3.63, 3.8) is 0 Å². The Kier molecular flexibility index (Phi) is 48.3. The lowest BCUT2D eigenvalue weighted by atomic mass is 10.1. The number of benzene rings is 9. The van der Waals surface area contributed by atoms with E-state index in [1.807, 2.05) is 273 Å². The molecule has 1 unspecified atom stereocenters. The van der Waals surface area contributed by atoms with Crippen molar-refractivity contribution >= 4 is 98.6 Å². The smallest absolute Gasteiger partial charge is 0.321 e. The summed E-state index contributed by atoms with van der Waals surface area (Å²) in [6, 6.07) is 73.0. The number of anilines is 10. The highest BCUT2D eigenvalue weighted by atomic mass is 16.5. The number of amides is 7. The summed E-state index contributed by atoms with van der Waals surface area (Å²) in [5.74, 6) is 1.01. The van der Waals surface area contributed by atoms with Gasteiger partial charge in [-0.1, -0.05) is 92.7 Å². The molecule has 662 valence electrons. The summed E-state index contributed by atoms with van der Waals surface area (Å²) >= 11 is 0. The van der Waals surface area contributed by atoms with Crippen molar-refractivity contribution in [2.45, 2.75) is 60.0 Å². The van der Waals surface area contributed by atoms with Gasteiger partial charge >= 0.3 is 6.01 Å². The van der Waals surface area contributed by atoms with Crippen LogP contribution in [-0.4, -0.2) is 210 Å². The molecule has 0 saturated heterocycles. The maximum Gasteiger partial charge on any atom is 0.321 e. The summed E-state index contributed by atoms with van der Waals surface area (Å²) in [7, 11) is 30.4. The molecule has 7 amide bonds. The minimum atomic E-state index is -0.0629.